The number of hydrogen-bond donors (Lipinski definition) is 0. The molecule has 0 spiro atoms. The minimum atomic E-state index is 1.04. The van der Waals surface area contributed by atoms with E-state index in [0.29, 0.717) is 0 Å². The maximum absolute atomic E-state index is 4.49. The van der Waals surface area contributed by atoms with Gasteiger partial charge in [-0.1, -0.05) is 6.42 Å². The Bertz CT molecular complexity index is 532. The molecule has 3 rings (SSSR count). The van der Waals surface area contributed by atoms with E-state index in [4.69, 9.17) is 0 Å². The van der Waals surface area contributed by atoms with Crippen molar-refractivity contribution >= 4 is 10.9 Å². The molecule has 0 atom stereocenters. The Labute approximate surface area is 114 Å². The van der Waals surface area contributed by atoms with E-state index < -0.39 is 0 Å². The molecule has 100 valence electrons. The Morgan fingerprint density at radius 2 is 2.00 bits per heavy atom. The maximum Gasteiger partial charge on any atom is 0.0732 e. The van der Waals surface area contributed by atoms with Gasteiger partial charge < -0.3 is 4.90 Å². The molecule has 2 aromatic heterocycles. The zero-order valence-electron chi connectivity index (χ0n) is 11.4. The van der Waals surface area contributed by atoms with Crippen molar-refractivity contribution in [1.82, 2.24) is 14.9 Å². The third-order valence-corrected chi connectivity index (χ3v) is 3.93. The molecule has 1 aliphatic rings. The van der Waals surface area contributed by atoms with Crippen molar-refractivity contribution in [3.63, 3.8) is 0 Å². The van der Waals surface area contributed by atoms with Crippen molar-refractivity contribution in [2.24, 2.45) is 0 Å². The Balaban J connectivity index is 1.56. The monoisotopic (exact) mass is 255 g/mol. The molecule has 0 aromatic carbocycles. The van der Waals surface area contributed by atoms with Gasteiger partial charge in [-0.2, -0.15) is 0 Å². The second-order valence-electron chi connectivity index (χ2n) is 5.42. The van der Waals surface area contributed by atoms with Crippen LogP contribution in [0.5, 0.6) is 0 Å². The zero-order chi connectivity index (χ0) is 12.9. The fourth-order valence-electron chi connectivity index (χ4n) is 2.84. The quantitative estimate of drug-likeness (QED) is 0.841. The van der Waals surface area contributed by atoms with Crippen molar-refractivity contribution in [2.75, 3.05) is 19.6 Å². The Morgan fingerprint density at radius 3 is 2.89 bits per heavy atom. The van der Waals surface area contributed by atoms with Gasteiger partial charge in [0.2, 0.25) is 0 Å². The maximum atomic E-state index is 4.49. The highest BCUT2D eigenvalue weighted by molar-refractivity contribution is 5.77. The van der Waals surface area contributed by atoms with Crippen molar-refractivity contribution < 1.29 is 0 Å². The topological polar surface area (TPSA) is 29.0 Å². The average molecular weight is 255 g/mol. The van der Waals surface area contributed by atoms with Crippen LogP contribution in [-0.4, -0.2) is 34.5 Å². The number of likely N-dealkylation sites (tertiary alicyclic amines) is 1. The lowest BCUT2D eigenvalue weighted by molar-refractivity contribution is 0.226. The summed E-state index contributed by atoms with van der Waals surface area (Å²) < 4.78 is 0. The second-order valence-corrected chi connectivity index (χ2v) is 5.42. The lowest BCUT2D eigenvalue weighted by atomic mass is 10.1. The molecule has 0 N–H and O–H groups in total. The molecule has 0 unspecified atom stereocenters. The number of aryl methyl sites for hydroxylation is 1. The van der Waals surface area contributed by atoms with Gasteiger partial charge in [0, 0.05) is 24.0 Å². The largest absolute Gasteiger partial charge is 0.303 e. The molecular weight excluding hydrogens is 234 g/mol. The number of hydrogen-bond acceptors (Lipinski definition) is 3. The second kappa shape index (κ2) is 6.11. The fourth-order valence-corrected chi connectivity index (χ4v) is 2.84. The molecule has 1 aliphatic heterocycles. The molecule has 1 fully saturated rings. The third-order valence-electron chi connectivity index (χ3n) is 3.93. The standard InChI is InChI=1S/C16H21N3/c1-2-8-19(9-3-1)10-4-5-14-11-15-13-17-7-6-16(15)18-12-14/h6-7,11-13H,1-5,8-10H2. The van der Waals surface area contributed by atoms with Crippen molar-refractivity contribution in [1.29, 1.82) is 0 Å². The molecule has 3 nitrogen and oxygen atoms in total. The van der Waals surface area contributed by atoms with Gasteiger partial charge in [0.1, 0.15) is 0 Å². The van der Waals surface area contributed by atoms with Crippen LogP contribution in [0, 0.1) is 0 Å². The predicted octanol–water partition coefficient (Wildman–Crippen LogP) is 3.05. The highest BCUT2D eigenvalue weighted by Crippen LogP contribution is 2.14. The summed E-state index contributed by atoms with van der Waals surface area (Å²) in [6.45, 7) is 3.81. The van der Waals surface area contributed by atoms with Crippen LogP contribution in [0.4, 0.5) is 0 Å². The van der Waals surface area contributed by atoms with Crippen LogP contribution >= 0.6 is 0 Å². The summed E-state index contributed by atoms with van der Waals surface area (Å²) in [5, 5.41) is 1.15. The summed E-state index contributed by atoms with van der Waals surface area (Å²) in [7, 11) is 0. The SMILES string of the molecule is c1cc2ncc(CCCN3CCCCC3)cc2cn1. The number of piperidine rings is 1. The first-order valence-electron chi connectivity index (χ1n) is 7.33. The number of aromatic nitrogens is 2. The highest BCUT2D eigenvalue weighted by Gasteiger charge is 2.09. The van der Waals surface area contributed by atoms with E-state index >= 15 is 0 Å². The molecule has 19 heavy (non-hydrogen) atoms. The Morgan fingerprint density at radius 1 is 1.11 bits per heavy atom. The molecule has 0 saturated carbocycles. The van der Waals surface area contributed by atoms with Gasteiger partial charge in [0.25, 0.3) is 0 Å². The fraction of sp³-hybridized carbons (Fsp3) is 0.500. The number of pyridine rings is 2. The van der Waals surface area contributed by atoms with Gasteiger partial charge in [-0.05, 0) is 63.0 Å². The average Bonchev–Trinajstić information content (AvgIpc) is 2.48. The predicted molar refractivity (Wildman–Crippen MR) is 78.2 cm³/mol. The van der Waals surface area contributed by atoms with Crippen molar-refractivity contribution in [2.45, 2.75) is 32.1 Å². The summed E-state index contributed by atoms with van der Waals surface area (Å²) in [5.41, 5.74) is 2.37. The summed E-state index contributed by atoms with van der Waals surface area (Å²) in [6.07, 6.45) is 12.2. The van der Waals surface area contributed by atoms with Crippen molar-refractivity contribution in [3.8, 4) is 0 Å². The van der Waals surface area contributed by atoms with Crippen LogP contribution in [0.15, 0.2) is 30.7 Å². The number of nitrogens with zero attached hydrogens (tertiary/aromatic N) is 3. The summed E-state index contributed by atoms with van der Waals surface area (Å²) in [5.74, 6) is 0. The Kier molecular flexibility index (Phi) is 4.04. The van der Waals surface area contributed by atoms with Crippen molar-refractivity contribution in [3.05, 3.63) is 36.3 Å². The molecule has 3 heteroatoms. The van der Waals surface area contributed by atoms with E-state index in [0.717, 1.165) is 17.3 Å². The van der Waals surface area contributed by atoms with Gasteiger partial charge in [-0.15, -0.1) is 0 Å². The van der Waals surface area contributed by atoms with Crippen LogP contribution < -0.4 is 0 Å². The van der Waals surface area contributed by atoms with E-state index in [2.05, 4.69) is 20.9 Å². The zero-order valence-corrected chi connectivity index (χ0v) is 11.4. The van der Waals surface area contributed by atoms with Gasteiger partial charge in [-0.3, -0.25) is 9.97 Å². The molecule has 2 aromatic rings. The smallest absolute Gasteiger partial charge is 0.0732 e. The highest BCUT2D eigenvalue weighted by atomic mass is 15.1. The normalized spacial score (nSPS) is 16.8. The van der Waals surface area contributed by atoms with E-state index in [-0.39, 0.29) is 0 Å². The number of fused-ring (bicyclic) bond motifs is 1. The first-order chi connectivity index (χ1) is 9.42. The summed E-state index contributed by atoms with van der Waals surface area (Å²) >= 11 is 0. The lowest BCUT2D eigenvalue weighted by Gasteiger charge is -2.26. The molecule has 0 radical (unpaired) electrons. The van der Waals surface area contributed by atoms with Gasteiger partial charge in [0.05, 0.1) is 5.52 Å². The van der Waals surface area contributed by atoms with Crippen LogP contribution in [0.1, 0.15) is 31.2 Å². The van der Waals surface area contributed by atoms with Gasteiger partial charge in [0.15, 0.2) is 0 Å². The first-order valence-corrected chi connectivity index (χ1v) is 7.33. The summed E-state index contributed by atoms with van der Waals surface area (Å²) in [4.78, 5) is 11.2. The third kappa shape index (κ3) is 3.29. The first kappa shape index (κ1) is 12.5. The van der Waals surface area contributed by atoms with E-state index in [1.807, 2.05) is 18.5 Å². The molecule has 1 saturated heterocycles. The minimum Gasteiger partial charge on any atom is -0.303 e. The molecular formula is C16H21N3. The Hall–Kier alpha value is -1.48. The molecule has 0 amide bonds. The van der Waals surface area contributed by atoms with Crippen LogP contribution in [0.3, 0.4) is 0 Å². The van der Waals surface area contributed by atoms with Gasteiger partial charge in [-0.25, -0.2) is 0 Å². The summed E-state index contributed by atoms with van der Waals surface area (Å²) in [6, 6.07) is 4.19. The van der Waals surface area contributed by atoms with Crippen LogP contribution in [-0.2, 0) is 6.42 Å². The van der Waals surface area contributed by atoms with E-state index in [9.17, 15) is 0 Å². The van der Waals surface area contributed by atoms with E-state index in [1.54, 1.807) is 6.20 Å². The molecule has 0 aliphatic carbocycles. The molecule has 3 heterocycles. The number of rotatable bonds is 4. The van der Waals surface area contributed by atoms with Crippen LogP contribution in [0.25, 0.3) is 10.9 Å². The lowest BCUT2D eigenvalue weighted by Crippen LogP contribution is -2.30. The van der Waals surface area contributed by atoms with E-state index in [1.165, 1.54) is 50.9 Å². The van der Waals surface area contributed by atoms with Gasteiger partial charge >= 0.3 is 0 Å². The molecule has 0 bridgehead atoms. The minimum absolute atomic E-state index is 1.04. The van der Waals surface area contributed by atoms with Crippen LogP contribution in [0.2, 0.25) is 0 Å².